The highest BCUT2D eigenvalue weighted by Gasteiger charge is 2.36. The van der Waals surface area contributed by atoms with E-state index in [-0.39, 0.29) is 11.1 Å². The Balaban J connectivity index is 2.28. The lowest BCUT2D eigenvalue weighted by molar-refractivity contribution is 0.116. The van der Waals surface area contributed by atoms with Gasteiger partial charge in [-0.15, -0.1) is 0 Å². The predicted molar refractivity (Wildman–Crippen MR) is 79.0 cm³/mol. The summed E-state index contributed by atoms with van der Waals surface area (Å²) in [7, 11) is -1.61. The second kappa shape index (κ2) is 6.56. The maximum absolute atomic E-state index is 6.06. The van der Waals surface area contributed by atoms with Crippen LogP contribution in [0.15, 0.2) is 12.2 Å². The number of rotatable bonds is 3. The van der Waals surface area contributed by atoms with Crippen LogP contribution in [0.2, 0.25) is 18.1 Å². The largest absolute Gasteiger partial charge is 0.416 e. The summed E-state index contributed by atoms with van der Waals surface area (Å²) in [6, 6.07) is 0. The minimum atomic E-state index is -1.61. The first kappa shape index (κ1) is 15.5. The topological polar surface area (TPSA) is 18.5 Å². The second-order valence-corrected chi connectivity index (χ2v) is 11.0. The monoisotopic (exact) mass is 266 g/mol. The fourth-order valence-corrected chi connectivity index (χ4v) is 2.42. The third-order valence-electron chi connectivity index (χ3n) is 3.63. The Morgan fingerprint density at radius 3 is 2.67 bits per heavy atom. The molecule has 0 fully saturated rings. The van der Waals surface area contributed by atoms with Gasteiger partial charge in [0.05, 0.1) is 6.61 Å². The van der Waals surface area contributed by atoms with Crippen LogP contribution in [0, 0.1) is 11.8 Å². The Kier molecular flexibility index (Phi) is 5.65. The second-order valence-electron chi connectivity index (χ2n) is 6.19. The highest BCUT2D eigenvalue weighted by Crippen LogP contribution is 2.36. The molecule has 1 aliphatic heterocycles. The predicted octanol–water partition coefficient (Wildman–Crippen LogP) is 3.75. The van der Waals surface area contributed by atoms with E-state index in [0.29, 0.717) is 0 Å². The molecule has 0 aromatic carbocycles. The molecule has 1 unspecified atom stereocenters. The van der Waals surface area contributed by atoms with E-state index in [1.54, 1.807) is 0 Å². The van der Waals surface area contributed by atoms with Crippen LogP contribution in [0.3, 0.4) is 0 Å². The molecule has 0 bridgehead atoms. The molecule has 1 heterocycles. The van der Waals surface area contributed by atoms with Crippen LogP contribution in [0.4, 0.5) is 0 Å². The molecule has 1 aliphatic rings. The van der Waals surface area contributed by atoms with Crippen molar-refractivity contribution in [1.82, 2.24) is 0 Å². The lowest BCUT2D eigenvalue weighted by Gasteiger charge is -2.35. The molecule has 0 aromatic heterocycles. The lowest BCUT2D eigenvalue weighted by Crippen LogP contribution is -2.40. The first-order valence-corrected chi connectivity index (χ1v) is 9.64. The fourth-order valence-electron chi connectivity index (χ4n) is 1.37. The highest BCUT2D eigenvalue weighted by atomic mass is 28.4. The van der Waals surface area contributed by atoms with Crippen LogP contribution >= 0.6 is 0 Å². The minimum absolute atomic E-state index is 0.00776. The molecular weight excluding hydrogens is 240 g/mol. The third kappa shape index (κ3) is 4.97. The lowest BCUT2D eigenvalue weighted by atomic mass is 10.2. The van der Waals surface area contributed by atoms with Crippen molar-refractivity contribution < 1.29 is 9.16 Å². The van der Waals surface area contributed by atoms with E-state index in [1.807, 2.05) is 6.08 Å². The molecule has 0 saturated carbocycles. The number of hydrogen-bond acceptors (Lipinski definition) is 2. The first-order valence-electron chi connectivity index (χ1n) is 6.73. The molecule has 2 nitrogen and oxygen atoms in total. The number of ether oxygens (including phenoxy) is 1. The summed E-state index contributed by atoms with van der Waals surface area (Å²) in [5.74, 6) is 6.27. The van der Waals surface area contributed by atoms with Crippen LogP contribution in [0.25, 0.3) is 0 Å². The summed E-state index contributed by atoms with van der Waals surface area (Å²) >= 11 is 0. The van der Waals surface area contributed by atoms with Gasteiger partial charge >= 0.3 is 0 Å². The van der Waals surface area contributed by atoms with E-state index < -0.39 is 8.32 Å². The van der Waals surface area contributed by atoms with Crippen LogP contribution in [-0.2, 0) is 9.16 Å². The van der Waals surface area contributed by atoms with Gasteiger partial charge in [-0.05, 0) is 30.6 Å². The van der Waals surface area contributed by atoms with Gasteiger partial charge in [-0.1, -0.05) is 38.7 Å². The summed E-state index contributed by atoms with van der Waals surface area (Å²) < 4.78 is 11.5. The summed E-state index contributed by atoms with van der Waals surface area (Å²) in [5.41, 5.74) is 0. The zero-order chi connectivity index (χ0) is 13.6. The van der Waals surface area contributed by atoms with E-state index >= 15 is 0 Å². The molecule has 0 N–H and O–H groups in total. The molecular formula is C15H26O2Si. The Hall–Kier alpha value is -0.563. The molecule has 0 radical (unpaired) electrons. The van der Waals surface area contributed by atoms with Crippen molar-refractivity contribution in [3.05, 3.63) is 12.2 Å². The van der Waals surface area contributed by atoms with Crippen LogP contribution in [0.5, 0.6) is 0 Å². The molecule has 0 spiro atoms. The van der Waals surface area contributed by atoms with E-state index in [1.165, 1.54) is 0 Å². The zero-order valence-corrected chi connectivity index (χ0v) is 13.4. The van der Waals surface area contributed by atoms with Gasteiger partial charge in [-0.25, -0.2) is 0 Å². The molecule has 1 rings (SSSR count). The van der Waals surface area contributed by atoms with Gasteiger partial charge in [0.25, 0.3) is 0 Å². The van der Waals surface area contributed by atoms with Crippen LogP contribution < -0.4 is 0 Å². The van der Waals surface area contributed by atoms with E-state index in [0.717, 1.165) is 26.1 Å². The molecule has 102 valence electrons. The quantitative estimate of drug-likeness (QED) is 0.335. The van der Waals surface area contributed by atoms with E-state index in [9.17, 15) is 0 Å². The van der Waals surface area contributed by atoms with Gasteiger partial charge in [-0.2, -0.15) is 0 Å². The number of hydrogen-bond donors (Lipinski definition) is 0. The molecule has 0 amide bonds. The van der Waals surface area contributed by atoms with Crippen molar-refractivity contribution in [1.29, 1.82) is 0 Å². The van der Waals surface area contributed by atoms with Gasteiger partial charge in [0.2, 0.25) is 0 Å². The summed E-state index contributed by atoms with van der Waals surface area (Å²) in [4.78, 5) is 0. The molecule has 0 saturated heterocycles. The normalized spacial score (nSPS) is 20.4. The van der Waals surface area contributed by atoms with Crippen molar-refractivity contribution >= 4 is 8.32 Å². The van der Waals surface area contributed by atoms with Crippen molar-refractivity contribution in [3.8, 4) is 11.8 Å². The molecule has 3 heteroatoms. The van der Waals surface area contributed by atoms with Gasteiger partial charge < -0.3 is 9.16 Å². The molecule has 0 aliphatic carbocycles. The zero-order valence-electron chi connectivity index (χ0n) is 12.4. The standard InChI is InChI=1S/C15H26O2Si/c1-15(2,3)18(4,5)17-13-9-7-11-14-10-6-8-12-16-14/h6,10,14H,8-9,12-13H2,1-5H3. The maximum Gasteiger partial charge on any atom is 0.192 e. The van der Waals surface area contributed by atoms with E-state index in [4.69, 9.17) is 9.16 Å². The average molecular weight is 266 g/mol. The van der Waals surface area contributed by atoms with Gasteiger partial charge in [0.1, 0.15) is 6.10 Å². The minimum Gasteiger partial charge on any atom is -0.416 e. The maximum atomic E-state index is 6.06. The van der Waals surface area contributed by atoms with Crippen molar-refractivity contribution in [3.63, 3.8) is 0 Å². The molecule has 18 heavy (non-hydrogen) atoms. The van der Waals surface area contributed by atoms with Crippen LogP contribution in [0.1, 0.15) is 33.6 Å². The molecule has 0 aromatic rings. The summed E-state index contributed by atoms with van der Waals surface area (Å²) in [5, 5.41) is 0.273. The van der Waals surface area contributed by atoms with Gasteiger partial charge in [0.15, 0.2) is 8.32 Å². The smallest absolute Gasteiger partial charge is 0.192 e. The Bertz CT molecular complexity index is 342. The Labute approximate surface area is 113 Å². The SMILES string of the molecule is CC(C)(C)[Si](C)(C)OCCC#CC1C=CCCO1. The Morgan fingerprint density at radius 2 is 2.11 bits per heavy atom. The third-order valence-corrected chi connectivity index (χ3v) is 8.17. The van der Waals surface area contributed by atoms with Gasteiger partial charge in [-0.3, -0.25) is 0 Å². The van der Waals surface area contributed by atoms with Gasteiger partial charge in [0, 0.05) is 13.0 Å². The van der Waals surface area contributed by atoms with Crippen LogP contribution in [-0.4, -0.2) is 27.6 Å². The summed E-state index contributed by atoms with van der Waals surface area (Å²) in [6.07, 6.45) is 5.96. The van der Waals surface area contributed by atoms with Crippen molar-refractivity contribution in [2.24, 2.45) is 0 Å². The fraction of sp³-hybridized carbons (Fsp3) is 0.733. The van der Waals surface area contributed by atoms with Crippen molar-refractivity contribution in [2.45, 2.75) is 57.8 Å². The molecule has 1 atom stereocenters. The van der Waals surface area contributed by atoms with Crippen molar-refractivity contribution in [2.75, 3.05) is 13.2 Å². The first-order chi connectivity index (χ1) is 8.33. The highest BCUT2D eigenvalue weighted by molar-refractivity contribution is 6.74. The Morgan fingerprint density at radius 1 is 1.39 bits per heavy atom. The average Bonchev–Trinajstić information content (AvgIpc) is 2.28. The van der Waals surface area contributed by atoms with E-state index in [2.05, 4.69) is 51.8 Å². The summed E-state index contributed by atoms with van der Waals surface area (Å²) in [6.45, 7) is 12.8.